The first kappa shape index (κ1) is 15.3. The third-order valence-corrected chi connectivity index (χ3v) is 5.67. The third-order valence-electron chi connectivity index (χ3n) is 5.67. The first-order valence-corrected chi connectivity index (χ1v) is 9.08. The van der Waals surface area contributed by atoms with Crippen molar-refractivity contribution in [3.8, 4) is 11.1 Å². The van der Waals surface area contributed by atoms with E-state index in [0.717, 1.165) is 34.5 Å². The molecule has 7 nitrogen and oxygen atoms in total. The van der Waals surface area contributed by atoms with Crippen molar-refractivity contribution in [2.24, 2.45) is 11.8 Å². The van der Waals surface area contributed by atoms with E-state index >= 15 is 0 Å². The molecular weight excluding hydrogens is 328 g/mol. The Morgan fingerprint density at radius 2 is 2.08 bits per heavy atom. The van der Waals surface area contributed by atoms with Gasteiger partial charge in [0.15, 0.2) is 0 Å². The highest BCUT2D eigenvalue weighted by molar-refractivity contribution is 5.90. The number of hydrogen-bond donors (Lipinski definition) is 3. The van der Waals surface area contributed by atoms with Crippen molar-refractivity contribution in [2.45, 2.75) is 31.7 Å². The van der Waals surface area contributed by atoms with Crippen molar-refractivity contribution < 1.29 is 4.79 Å². The minimum absolute atomic E-state index is 0.173. The number of aromatic nitrogens is 4. The second-order valence-corrected chi connectivity index (χ2v) is 7.33. The maximum atomic E-state index is 12.3. The Balaban J connectivity index is 1.33. The summed E-state index contributed by atoms with van der Waals surface area (Å²) in [6.45, 7) is 0. The summed E-state index contributed by atoms with van der Waals surface area (Å²) in [5, 5.41) is 12.7. The maximum absolute atomic E-state index is 12.3. The lowest BCUT2D eigenvalue weighted by atomic mass is 9.95. The maximum Gasteiger partial charge on any atom is 0.320 e. The van der Waals surface area contributed by atoms with Crippen LogP contribution in [0.5, 0.6) is 0 Å². The first-order valence-electron chi connectivity index (χ1n) is 9.08. The molecule has 2 aliphatic rings. The van der Waals surface area contributed by atoms with Gasteiger partial charge in [-0.2, -0.15) is 5.10 Å². The average Bonchev–Trinajstić information content (AvgIpc) is 3.39. The van der Waals surface area contributed by atoms with Crippen LogP contribution in [0.4, 0.5) is 10.6 Å². The summed E-state index contributed by atoms with van der Waals surface area (Å²) in [4.78, 5) is 21.3. The van der Waals surface area contributed by atoms with Crippen molar-refractivity contribution in [3.63, 3.8) is 0 Å². The van der Waals surface area contributed by atoms with Gasteiger partial charge in [0.1, 0.15) is 5.82 Å². The number of carbonyl (C=O) groups is 1. The van der Waals surface area contributed by atoms with Gasteiger partial charge < -0.3 is 5.32 Å². The van der Waals surface area contributed by atoms with Crippen LogP contribution in [-0.2, 0) is 0 Å². The van der Waals surface area contributed by atoms with Crippen LogP contribution >= 0.6 is 0 Å². The molecule has 132 valence electrons. The number of nitrogens with zero attached hydrogens (tertiary/aromatic N) is 3. The number of nitrogens with one attached hydrogen (secondary N) is 3. The number of hydrogen-bond acceptors (Lipinski definition) is 4. The molecule has 0 spiro atoms. The fourth-order valence-corrected chi connectivity index (χ4v) is 4.39. The van der Waals surface area contributed by atoms with Crippen LogP contribution < -0.4 is 10.6 Å². The molecule has 5 rings (SSSR count). The third kappa shape index (κ3) is 2.79. The van der Waals surface area contributed by atoms with Gasteiger partial charge in [0.2, 0.25) is 0 Å². The van der Waals surface area contributed by atoms with Gasteiger partial charge in [-0.3, -0.25) is 15.4 Å². The number of aromatic amines is 1. The lowest BCUT2D eigenvalue weighted by Crippen LogP contribution is -2.41. The van der Waals surface area contributed by atoms with Crippen molar-refractivity contribution in [1.29, 1.82) is 0 Å². The van der Waals surface area contributed by atoms with Gasteiger partial charge in [0.05, 0.1) is 17.2 Å². The Kier molecular flexibility index (Phi) is 3.58. The standard InChI is InChI=1S/C19H20N6O/c26-19(24-16-6-11-1-2-12(16)5-11)25-18-4-3-15-17(23-18)7-13(8-20-15)14-9-21-22-10-14/h3-4,7-12,16H,1-2,5-6H2,(H,21,22)(H2,23,24,25,26)/t11-,12+,16?/m0/s1. The Morgan fingerprint density at radius 3 is 2.85 bits per heavy atom. The lowest BCUT2D eigenvalue weighted by Gasteiger charge is -2.22. The van der Waals surface area contributed by atoms with Crippen LogP contribution in [0, 0.1) is 11.8 Å². The summed E-state index contributed by atoms with van der Waals surface area (Å²) in [5.74, 6) is 1.98. The van der Waals surface area contributed by atoms with E-state index in [1.807, 2.05) is 18.3 Å². The highest BCUT2D eigenvalue weighted by Gasteiger charge is 2.40. The molecule has 0 radical (unpaired) electrons. The van der Waals surface area contributed by atoms with Crippen molar-refractivity contribution in [3.05, 3.63) is 36.8 Å². The van der Waals surface area contributed by atoms with Crippen molar-refractivity contribution in [1.82, 2.24) is 25.5 Å². The molecule has 2 bridgehead atoms. The van der Waals surface area contributed by atoms with Crippen molar-refractivity contribution >= 4 is 22.9 Å². The molecule has 0 saturated heterocycles. The Morgan fingerprint density at radius 1 is 1.12 bits per heavy atom. The van der Waals surface area contributed by atoms with E-state index in [9.17, 15) is 4.79 Å². The lowest BCUT2D eigenvalue weighted by molar-refractivity contribution is 0.242. The van der Waals surface area contributed by atoms with E-state index in [2.05, 4.69) is 30.8 Å². The van der Waals surface area contributed by atoms with E-state index in [0.29, 0.717) is 17.8 Å². The fraction of sp³-hybridized carbons (Fsp3) is 0.368. The van der Waals surface area contributed by atoms with E-state index in [-0.39, 0.29) is 6.03 Å². The summed E-state index contributed by atoms with van der Waals surface area (Å²) in [7, 11) is 0. The number of H-pyrrole nitrogens is 1. The fourth-order valence-electron chi connectivity index (χ4n) is 4.39. The topological polar surface area (TPSA) is 95.6 Å². The zero-order valence-corrected chi connectivity index (χ0v) is 14.3. The van der Waals surface area contributed by atoms with E-state index in [4.69, 9.17) is 0 Å². The van der Waals surface area contributed by atoms with Crippen LogP contribution in [0.1, 0.15) is 25.7 Å². The number of urea groups is 1. The van der Waals surface area contributed by atoms with Gasteiger partial charge >= 0.3 is 6.03 Å². The van der Waals surface area contributed by atoms with Gasteiger partial charge in [-0.15, -0.1) is 0 Å². The van der Waals surface area contributed by atoms with Gasteiger partial charge in [-0.25, -0.2) is 9.78 Å². The number of carbonyl (C=O) groups excluding carboxylic acids is 1. The quantitative estimate of drug-likeness (QED) is 0.676. The summed E-state index contributed by atoms with van der Waals surface area (Å²) in [6.07, 6.45) is 10.3. The van der Waals surface area contributed by atoms with Crippen LogP contribution in [0.25, 0.3) is 22.2 Å². The predicted octanol–water partition coefficient (Wildman–Crippen LogP) is 3.33. The van der Waals surface area contributed by atoms with Gasteiger partial charge in [0, 0.05) is 29.6 Å². The second-order valence-electron chi connectivity index (χ2n) is 7.33. The number of anilines is 1. The highest BCUT2D eigenvalue weighted by atomic mass is 16.2. The van der Waals surface area contributed by atoms with Crippen LogP contribution in [-0.4, -0.2) is 32.2 Å². The molecule has 7 heteroatoms. The average molecular weight is 348 g/mol. The number of fused-ring (bicyclic) bond motifs is 3. The molecule has 3 heterocycles. The Hall–Kier alpha value is -2.96. The van der Waals surface area contributed by atoms with E-state index in [1.165, 1.54) is 19.3 Å². The number of rotatable bonds is 3. The minimum Gasteiger partial charge on any atom is -0.335 e. The number of amides is 2. The van der Waals surface area contributed by atoms with E-state index in [1.54, 1.807) is 18.5 Å². The molecule has 3 atom stereocenters. The monoisotopic (exact) mass is 348 g/mol. The normalized spacial score (nSPS) is 24.1. The molecule has 1 unspecified atom stereocenters. The Labute approximate surface area is 150 Å². The largest absolute Gasteiger partial charge is 0.335 e. The molecule has 0 aromatic carbocycles. The van der Waals surface area contributed by atoms with Crippen LogP contribution in [0.3, 0.4) is 0 Å². The number of pyridine rings is 2. The summed E-state index contributed by atoms with van der Waals surface area (Å²) in [6, 6.07) is 5.74. The van der Waals surface area contributed by atoms with Crippen LogP contribution in [0.2, 0.25) is 0 Å². The minimum atomic E-state index is -0.173. The molecule has 2 fully saturated rings. The smallest absolute Gasteiger partial charge is 0.320 e. The van der Waals surface area contributed by atoms with Gasteiger partial charge in [-0.05, 0) is 49.3 Å². The highest BCUT2D eigenvalue weighted by Crippen LogP contribution is 2.44. The van der Waals surface area contributed by atoms with Gasteiger partial charge in [-0.1, -0.05) is 6.42 Å². The SMILES string of the molecule is O=C(Nc1ccc2ncc(-c3cn[nH]c3)cc2n1)NC1C[C@H]2CC[C@@H]1C2. The molecule has 0 aliphatic heterocycles. The first-order chi connectivity index (χ1) is 12.7. The molecule has 2 amide bonds. The predicted molar refractivity (Wildman–Crippen MR) is 98.5 cm³/mol. The zero-order chi connectivity index (χ0) is 17.5. The zero-order valence-electron chi connectivity index (χ0n) is 14.3. The summed E-state index contributed by atoms with van der Waals surface area (Å²) < 4.78 is 0. The van der Waals surface area contributed by atoms with Crippen LogP contribution in [0.15, 0.2) is 36.8 Å². The molecule has 3 aromatic heterocycles. The van der Waals surface area contributed by atoms with Crippen molar-refractivity contribution in [2.75, 3.05) is 5.32 Å². The van der Waals surface area contributed by atoms with Gasteiger partial charge in [0.25, 0.3) is 0 Å². The molecular formula is C19H20N6O. The molecule has 26 heavy (non-hydrogen) atoms. The van der Waals surface area contributed by atoms with E-state index < -0.39 is 0 Å². The second kappa shape index (κ2) is 6.09. The summed E-state index contributed by atoms with van der Waals surface area (Å²) >= 11 is 0. The Bertz CT molecular complexity index is 954. The summed E-state index contributed by atoms with van der Waals surface area (Å²) in [5.41, 5.74) is 3.41. The molecule has 2 saturated carbocycles. The molecule has 3 N–H and O–H groups in total. The molecule has 2 aliphatic carbocycles. The molecule has 3 aromatic rings.